The van der Waals surface area contributed by atoms with Gasteiger partial charge >= 0.3 is 5.97 Å². The molecule has 6 heteroatoms. The lowest BCUT2D eigenvalue weighted by atomic mass is 10.2. The number of esters is 1. The first-order valence-electron chi connectivity index (χ1n) is 6.98. The molecule has 1 aromatic rings. The quantitative estimate of drug-likeness (QED) is 0.833. The van der Waals surface area contributed by atoms with E-state index in [4.69, 9.17) is 10.5 Å². The first-order chi connectivity index (χ1) is 9.24. The lowest BCUT2D eigenvalue weighted by Crippen LogP contribution is -2.28. The number of likely N-dealkylation sites (tertiary alicyclic amines) is 1. The minimum Gasteiger partial charge on any atom is -0.455 e. The molecule has 6 nitrogen and oxygen atoms in total. The van der Waals surface area contributed by atoms with Gasteiger partial charge in [0.1, 0.15) is 5.60 Å². The molecule has 1 fully saturated rings. The third-order valence-electron chi connectivity index (χ3n) is 3.20. The van der Waals surface area contributed by atoms with Crippen LogP contribution in [0.5, 0.6) is 0 Å². The number of hydrogen-bond acceptors (Lipinski definition) is 5. The highest BCUT2D eigenvalue weighted by molar-refractivity contribution is 5.89. The Bertz CT molecular complexity index is 490. The molecule has 1 atom stereocenters. The van der Waals surface area contributed by atoms with Gasteiger partial charge in [0, 0.05) is 44.5 Å². The molecule has 0 aliphatic carbocycles. The number of carbonyl (C=O) groups excluding carboxylic acids is 1. The summed E-state index contributed by atoms with van der Waals surface area (Å²) in [5.74, 6) is -0.364. The van der Waals surface area contributed by atoms with Gasteiger partial charge in [0.15, 0.2) is 5.69 Å². The van der Waals surface area contributed by atoms with E-state index in [-0.39, 0.29) is 12.0 Å². The number of nitrogens with two attached hydrogens (primary N) is 1. The van der Waals surface area contributed by atoms with Crippen molar-refractivity contribution in [3.05, 3.63) is 17.5 Å². The van der Waals surface area contributed by atoms with Crippen LogP contribution in [-0.2, 0) is 18.3 Å². The van der Waals surface area contributed by atoms with Crippen LogP contribution >= 0.6 is 0 Å². The average molecular weight is 280 g/mol. The zero-order valence-electron chi connectivity index (χ0n) is 12.7. The van der Waals surface area contributed by atoms with Crippen LogP contribution in [-0.4, -0.2) is 45.4 Å². The topological polar surface area (TPSA) is 73.4 Å². The van der Waals surface area contributed by atoms with Crippen LogP contribution in [0.25, 0.3) is 0 Å². The Kier molecular flexibility index (Phi) is 4.15. The van der Waals surface area contributed by atoms with Crippen molar-refractivity contribution in [2.24, 2.45) is 12.8 Å². The van der Waals surface area contributed by atoms with Gasteiger partial charge in [-0.2, -0.15) is 5.10 Å². The van der Waals surface area contributed by atoms with Crippen LogP contribution in [0.3, 0.4) is 0 Å². The number of ether oxygens (including phenoxy) is 1. The van der Waals surface area contributed by atoms with Crippen molar-refractivity contribution in [1.82, 2.24) is 14.7 Å². The molecule has 1 aromatic heterocycles. The Morgan fingerprint density at radius 2 is 2.25 bits per heavy atom. The molecule has 2 rings (SSSR count). The second-order valence-corrected chi connectivity index (χ2v) is 6.46. The summed E-state index contributed by atoms with van der Waals surface area (Å²) in [7, 11) is 1.81. The standard InChI is InChI=1S/C14H24N4O2/c1-14(2,3)20-13(19)12-10(7-17(4)16-12)8-18-6-5-11(15)9-18/h7,11H,5-6,8-9,15H2,1-4H3. The summed E-state index contributed by atoms with van der Waals surface area (Å²) in [6.07, 6.45) is 2.88. The molecular formula is C14H24N4O2. The number of hydrogen-bond donors (Lipinski definition) is 1. The summed E-state index contributed by atoms with van der Waals surface area (Å²) >= 11 is 0. The normalized spacial score (nSPS) is 20.4. The fraction of sp³-hybridized carbons (Fsp3) is 0.714. The number of nitrogens with zero attached hydrogens (tertiary/aromatic N) is 3. The van der Waals surface area contributed by atoms with Gasteiger partial charge in [-0.3, -0.25) is 9.58 Å². The van der Waals surface area contributed by atoms with Gasteiger partial charge in [0.05, 0.1) is 0 Å². The smallest absolute Gasteiger partial charge is 0.359 e. The van der Waals surface area contributed by atoms with Crippen LogP contribution in [0.2, 0.25) is 0 Å². The van der Waals surface area contributed by atoms with Gasteiger partial charge < -0.3 is 10.5 Å². The molecule has 1 aliphatic heterocycles. The van der Waals surface area contributed by atoms with Gasteiger partial charge in [0.2, 0.25) is 0 Å². The number of carbonyl (C=O) groups is 1. The summed E-state index contributed by atoms with van der Waals surface area (Å²) in [5, 5.41) is 4.24. The van der Waals surface area contributed by atoms with E-state index < -0.39 is 5.60 Å². The van der Waals surface area contributed by atoms with Crippen LogP contribution in [0.1, 0.15) is 43.2 Å². The van der Waals surface area contributed by atoms with Gasteiger partial charge in [-0.1, -0.05) is 0 Å². The summed E-state index contributed by atoms with van der Waals surface area (Å²) in [4.78, 5) is 14.4. The predicted molar refractivity (Wildman–Crippen MR) is 76.2 cm³/mol. The van der Waals surface area contributed by atoms with E-state index >= 15 is 0 Å². The highest BCUT2D eigenvalue weighted by Gasteiger charge is 2.26. The molecule has 0 saturated carbocycles. The fourth-order valence-electron chi connectivity index (χ4n) is 2.40. The Morgan fingerprint density at radius 1 is 1.55 bits per heavy atom. The molecule has 0 aromatic carbocycles. The van der Waals surface area contributed by atoms with Gasteiger partial charge in [-0.25, -0.2) is 4.79 Å². The van der Waals surface area contributed by atoms with Gasteiger partial charge in [0.25, 0.3) is 0 Å². The van der Waals surface area contributed by atoms with Crippen LogP contribution < -0.4 is 5.73 Å². The lowest BCUT2D eigenvalue weighted by Gasteiger charge is -2.19. The Balaban J connectivity index is 2.11. The molecule has 2 heterocycles. The maximum Gasteiger partial charge on any atom is 0.359 e. The number of rotatable bonds is 3. The molecule has 0 bridgehead atoms. The van der Waals surface area contributed by atoms with Crippen LogP contribution in [0, 0.1) is 0 Å². The van der Waals surface area contributed by atoms with Crippen LogP contribution in [0.4, 0.5) is 0 Å². The lowest BCUT2D eigenvalue weighted by molar-refractivity contribution is 0.00601. The Hall–Kier alpha value is -1.40. The van der Waals surface area contributed by atoms with Crippen molar-refractivity contribution in [3.8, 4) is 0 Å². The van der Waals surface area contributed by atoms with Crippen molar-refractivity contribution < 1.29 is 9.53 Å². The maximum atomic E-state index is 12.2. The van der Waals surface area contributed by atoms with Crippen molar-refractivity contribution in [2.45, 2.75) is 45.4 Å². The molecule has 1 saturated heterocycles. The molecule has 1 aliphatic rings. The highest BCUT2D eigenvalue weighted by atomic mass is 16.6. The van der Waals surface area contributed by atoms with Crippen molar-refractivity contribution in [2.75, 3.05) is 13.1 Å². The first-order valence-corrected chi connectivity index (χ1v) is 6.98. The third kappa shape index (κ3) is 3.80. The summed E-state index contributed by atoms with van der Waals surface area (Å²) in [6, 6.07) is 0.233. The molecule has 20 heavy (non-hydrogen) atoms. The van der Waals surface area contributed by atoms with Crippen LogP contribution in [0.15, 0.2) is 6.20 Å². The Morgan fingerprint density at radius 3 is 2.80 bits per heavy atom. The first kappa shape index (κ1) is 15.0. The number of aryl methyl sites for hydroxylation is 1. The second kappa shape index (κ2) is 5.54. The monoisotopic (exact) mass is 280 g/mol. The largest absolute Gasteiger partial charge is 0.455 e. The number of aromatic nitrogens is 2. The molecule has 0 radical (unpaired) electrons. The molecule has 0 spiro atoms. The zero-order chi connectivity index (χ0) is 14.9. The van der Waals surface area contributed by atoms with E-state index in [1.165, 1.54) is 0 Å². The molecule has 0 amide bonds. The van der Waals surface area contributed by atoms with Gasteiger partial charge in [-0.15, -0.1) is 0 Å². The molecule has 112 valence electrons. The molecule has 2 N–H and O–H groups in total. The van der Waals surface area contributed by atoms with Crippen molar-refractivity contribution in [1.29, 1.82) is 0 Å². The minimum atomic E-state index is -0.512. The SMILES string of the molecule is Cn1cc(CN2CCC(N)C2)c(C(=O)OC(C)(C)C)n1. The predicted octanol–water partition coefficient (Wildman–Crippen LogP) is 0.908. The highest BCUT2D eigenvalue weighted by Crippen LogP contribution is 2.18. The maximum absolute atomic E-state index is 12.2. The summed E-state index contributed by atoms with van der Waals surface area (Å²) < 4.78 is 7.06. The zero-order valence-corrected chi connectivity index (χ0v) is 12.7. The van der Waals surface area contributed by atoms with E-state index in [9.17, 15) is 4.79 Å². The minimum absolute atomic E-state index is 0.233. The fourth-order valence-corrected chi connectivity index (χ4v) is 2.40. The average Bonchev–Trinajstić information content (AvgIpc) is 2.83. The van der Waals surface area contributed by atoms with E-state index in [1.54, 1.807) is 4.68 Å². The second-order valence-electron chi connectivity index (χ2n) is 6.46. The van der Waals surface area contributed by atoms with Crippen molar-refractivity contribution in [3.63, 3.8) is 0 Å². The Labute approximate surface area is 119 Å². The van der Waals surface area contributed by atoms with Crippen molar-refractivity contribution >= 4 is 5.97 Å². The molecular weight excluding hydrogens is 256 g/mol. The third-order valence-corrected chi connectivity index (χ3v) is 3.20. The summed E-state index contributed by atoms with van der Waals surface area (Å²) in [6.45, 7) is 8.08. The molecule has 1 unspecified atom stereocenters. The van der Waals surface area contributed by atoms with E-state index in [1.807, 2.05) is 34.0 Å². The summed E-state index contributed by atoms with van der Waals surface area (Å²) in [5.41, 5.74) is 6.70. The van der Waals surface area contributed by atoms with E-state index in [0.29, 0.717) is 12.2 Å². The van der Waals surface area contributed by atoms with Gasteiger partial charge in [-0.05, 0) is 27.2 Å². The van der Waals surface area contributed by atoms with E-state index in [0.717, 1.165) is 25.1 Å². The van der Waals surface area contributed by atoms with E-state index in [2.05, 4.69) is 10.00 Å².